The summed E-state index contributed by atoms with van der Waals surface area (Å²) in [5, 5.41) is 11.6. The quantitative estimate of drug-likeness (QED) is 0.558. The van der Waals surface area contributed by atoms with Gasteiger partial charge in [0.05, 0.1) is 5.39 Å². The Morgan fingerprint density at radius 2 is 1.91 bits per heavy atom. The van der Waals surface area contributed by atoms with E-state index >= 15 is 0 Å². The molecule has 0 unspecified atom stereocenters. The van der Waals surface area contributed by atoms with E-state index < -0.39 is 5.43 Å². The van der Waals surface area contributed by atoms with Gasteiger partial charge in [-0.05, 0) is 25.1 Å². The van der Waals surface area contributed by atoms with Gasteiger partial charge in [-0.15, -0.1) is 0 Å². The van der Waals surface area contributed by atoms with Crippen LogP contribution in [0.5, 0.6) is 5.75 Å². The highest BCUT2D eigenvalue weighted by molar-refractivity contribution is 5.96. The molecule has 0 atom stereocenters. The second-order valence-corrected chi connectivity index (χ2v) is 5.36. The summed E-state index contributed by atoms with van der Waals surface area (Å²) in [4.78, 5) is 15.5. The molecule has 4 nitrogen and oxygen atoms in total. The molecule has 0 saturated heterocycles. The summed E-state index contributed by atoms with van der Waals surface area (Å²) < 4.78 is 5.81. The van der Waals surface area contributed by atoms with Crippen LogP contribution in [-0.2, 0) is 0 Å². The highest BCUT2D eigenvalue weighted by Crippen LogP contribution is 2.34. The van der Waals surface area contributed by atoms with E-state index in [0.717, 1.165) is 16.5 Å². The average Bonchev–Trinajstić information content (AvgIpc) is 2.95. The van der Waals surface area contributed by atoms with Crippen LogP contribution in [0, 0.1) is 6.92 Å². The average molecular weight is 291 g/mol. The van der Waals surface area contributed by atoms with E-state index in [1.807, 2.05) is 37.3 Å². The molecule has 0 saturated carbocycles. The van der Waals surface area contributed by atoms with Crippen molar-refractivity contribution in [1.29, 1.82) is 0 Å². The minimum atomic E-state index is -0.412. The van der Waals surface area contributed by atoms with Crippen molar-refractivity contribution < 1.29 is 9.52 Å². The standard InChI is InChI=1S/C18H13NO3/c1-10-6-7-15-12(8-10)16(20)17(21)18(22-15)13-9-19-14-5-3-2-4-11(13)14/h2-9,19,21H,1H3. The summed E-state index contributed by atoms with van der Waals surface area (Å²) in [5.41, 5.74) is 2.59. The molecule has 0 spiro atoms. The van der Waals surface area contributed by atoms with Crippen molar-refractivity contribution in [1.82, 2.24) is 4.98 Å². The topological polar surface area (TPSA) is 66.2 Å². The fourth-order valence-corrected chi connectivity index (χ4v) is 2.74. The van der Waals surface area contributed by atoms with Crippen LogP contribution < -0.4 is 5.43 Å². The number of hydrogen-bond donors (Lipinski definition) is 2. The molecular weight excluding hydrogens is 278 g/mol. The van der Waals surface area contributed by atoms with Crippen LogP contribution in [0.1, 0.15) is 5.56 Å². The molecule has 0 aliphatic rings. The van der Waals surface area contributed by atoms with Gasteiger partial charge in [-0.25, -0.2) is 0 Å². The van der Waals surface area contributed by atoms with Crippen molar-refractivity contribution >= 4 is 21.9 Å². The molecule has 108 valence electrons. The zero-order valence-electron chi connectivity index (χ0n) is 11.9. The molecule has 2 aromatic carbocycles. The zero-order valence-corrected chi connectivity index (χ0v) is 11.9. The van der Waals surface area contributed by atoms with Crippen molar-refractivity contribution in [2.45, 2.75) is 6.92 Å². The van der Waals surface area contributed by atoms with Crippen LogP contribution in [0.3, 0.4) is 0 Å². The highest BCUT2D eigenvalue weighted by atomic mass is 16.4. The number of benzene rings is 2. The largest absolute Gasteiger partial charge is 0.502 e. The summed E-state index contributed by atoms with van der Waals surface area (Å²) in [6.45, 7) is 1.89. The molecule has 0 amide bonds. The van der Waals surface area contributed by atoms with Crippen LogP contribution in [0.2, 0.25) is 0 Å². The number of aromatic nitrogens is 1. The number of aryl methyl sites for hydroxylation is 1. The molecule has 4 aromatic rings. The minimum absolute atomic E-state index is 0.193. The van der Waals surface area contributed by atoms with Crippen LogP contribution >= 0.6 is 0 Å². The number of para-hydroxylation sites is 1. The second kappa shape index (κ2) is 4.49. The smallest absolute Gasteiger partial charge is 0.235 e. The molecule has 0 radical (unpaired) electrons. The lowest BCUT2D eigenvalue weighted by atomic mass is 10.1. The van der Waals surface area contributed by atoms with Gasteiger partial charge in [0.25, 0.3) is 0 Å². The van der Waals surface area contributed by atoms with Crippen LogP contribution in [0.25, 0.3) is 33.2 Å². The van der Waals surface area contributed by atoms with Crippen molar-refractivity contribution in [3.63, 3.8) is 0 Å². The van der Waals surface area contributed by atoms with Gasteiger partial charge in [0.2, 0.25) is 11.2 Å². The zero-order chi connectivity index (χ0) is 15.3. The summed E-state index contributed by atoms with van der Waals surface area (Å²) in [7, 11) is 0. The molecule has 0 bridgehead atoms. The van der Waals surface area contributed by atoms with Crippen molar-refractivity contribution in [2.24, 2.45) is 0 Å². The Morgan fingerprint density at radius 1 is 1.09 bits per heavy atom. The minimum Gasteiger partial charge on any atom is -0.502 e. The third kappa shape index (κ3) is 1.74. The van der Waals surface area contributed by atoms with Crippen molar-refractivity contribution in [2.75, 3.05) is 0 Å². The molecule has 4 rings (SSSR count). The fraction of sp³-hybridized carbons (Fsp3) is 0.0556. The fourth-order valence-electron chi connectivity index (χ4n) is 2.74. The van der Waals surface area contributed by atoms with Crippen molar-refractivity contribution in [3.8, 4) is 17.1 Å². The number of rotatable bonds is 1. The number of hydrogen-bond acceptors (Lipinski definition) is 3. The van der Waals surface area contributed by atoms with E-state index in [-0.39, 0.29) is 11.5 Å². The third-order valence-electron chi connectivity index (χ3n) is 3.86. The Bertz CT molecular complexity index is 1070. The molecule has 4 heteroatoms. The summed E-state index contributed by atoms with van der Waals surface area (Å²) in [5.74, 6) is -0.165. The summed E-state index contributed by atoms with van der Waals surface area (Å²) in [6.07, 6.45) is 1.74. The SMILES string of the molecule is Cc1ccc2oc(-c3c[nH]c4ccccc34)c(O)c(=O)c2c1. The molecule has 2 heterocycles. The Morgan fingerprint density at radius 3 is 2.77 bits per heavy atom. The predicted molar refractivity (Wildman–Crippen MR) is 86.2 cm³/mol. The maximum atomic E-state index is 12.4. The van der Waals surface area contributed by atoms with E-state index in [1.165, 1.54) is 0 Å². The third-order valence-corrected chi connectivity index (χ3v) is 3.86. The lowest BCUT2D eigenvalue weighted by molar-refractivity contribution is 0.449. The number of aromatic amines is 1. The Labute approximate surface area is 125 Å². The van der Waals surface area contributed by atoms with E-state index in [1.54, 1.807) is 18.3 Å². The van der Waals surface area contributed by atoms with Gasteiger partial charge in [-0.3, -0.25) is 4.79 Å². The van der Waals surface area contributed by atoms with Crippen molar-refractivity contribution in [3.05, 3.63) is 64.4 Å². The Balaban J connectivity index is 2.09. The lowest BCUT2D eigenvalue weighted by Crippen LogP contribution is -2.02. The molecule has 0 aliphatic carbocycles. The molecule has 0 aliphatic heterocycles. The van der Waals surface area contributed by atoms with E-state index in [4.69, 9.17) is 4.42 Å². The number of fused-ring (bicyclic) bond motifs is 2. The van der Waals surface area contributed by atoms with Gasteiger partial charge >= 0.3 is 0 Å². The molecule has 2 aromatic heterocycles. The molecular formula is C18H13NO3. The first-order valence-electron chi connectivity index (χ1n) is 6.98. The van der Waals surface area contributed by atoms with Crippen LogP contribution in [0.15, 0.2) is 57.9 Å². The molecule has 2 N–H and O–H groups in total. The predicted octanol–water partition coefficient (Wildman–Crippen LogP) is 3.96. The number of aromatic hydroxyl groups is 1. The normalized spacial score (nSPS) is 11.3. The monoisotopic (exact) mass is 291 g/mol. The molecule has 0 fully saturated rings. The van der Waals surface area contributed by atoms with E-state index in [2.05, 4.69) is 4.98 Å². The maximum Gasteiger partial charge on any atom is 0.235 e. The van der Waals surface area contributed by atoms with Gasteiger partial charge in [0.15, 0.2) is 5.76 Å². The van der Waals surface area contributed by atoms with Gasteiger partial charge in [-0.1, -0.05) is 29.8 Å². The lowest BCUT2D eigenvalue weighted by Gasteiger charge is -2.05. The van der Waals surface area contributed by atoms with Gasteiger partial charge in [0, 0.05) is 22.7 Å². The second-order valence-electron chi connectivity index (χ2n) is 5.36. The van der Waals surface area contributed by atoms with Crippen LogP contribution in [-0.4, -0.2) is 10.1 Å². The first kappa shape index (κ1) is 12.7. The Hall–Kier alpha value is -3.01. The van der Waals surface area contributed by atoms with E-state index in [9.17, 15) is 9.90 Å². The number of nitrogens with one attached hydrogen (secondary N) is 1. The van der Waals surface area contributed by atoms with Crippen LogP contribution in [0.4, 0.5) is 0 Å². The van der Waals surface area contributed by atoms with E-state index in [0.29, 0.717) is 16.5 Å². The first-order chi connectivity index (χ1) is 10.6. The highest BCUT2D eigenvalue weighted by Gasteiger charge is 2.18. The summed E-state index contributed by atoms with van der Waals surface area (Å²) >= 11 is 0. The first-order valence-corrected chi connectivity index (χ1v) is 6.98. The maximum absolute atomic E-state index is 12.4. The van der Waals surface area contributed by atoms with Gasteiger partial charge in [0.1, 0.15) is 5.58 Å². The number of H-pyrrole nitrogens is 1. The summed E-state index contributed by atoms with van der Waals surface area (Å²) in [6, 6.07) is 13.0. The molecule has 22 heavy (non-hydrogen) atoms. The van der Waals surface area contributed by atoms with Gasteiger partial charge in [-0.2, -0.15) is 0 Å². The van der Waals surface area contributed by atoms with Gasteiger partial charge < -0.3 is 14.5 Å². The Kier molecular flexibility index (Phi) is 2.60.